The van der Waals surface area contributed by atoms with E-state index >= 15 is 0 Å². The number of carbonyl (C=O) groups is 1. The number of nitrogens with zero attached hydrogens (tertiary/aromatic N) is 2. The van der Waals surface area contributed by atoms with Crippen LogP contribution in [-0.4, -0.2) is 44.0 Å². The highest BCUT2D eigenvalue weighted by molar-refractivity contribution is 14.0. The first-order valence-corrected chi connectivity index (χ1v) is 9.01. The highest BCUT2D eigenvalue weighted by atomic mass is 127. The van der Waals surface area contributed by atoms with Crippen molar-refractivity contribution in [1.82, 2.24) is 15.5 Å². The molecule has 146 valence electrons. The van der Waals surface area contributed by atoms with Gasteiger partial charge in [0.25, 0.3) is 0 Å². The van der Waals surface area contributed by atoms with Gasteiger partial charge in [-0.3, -0.25) is 4.79 Å². The summed E-state index contributed by atoms with van der Waals surface area (Å²) in [6, 6.07) is 6.32. The highest BCUT2D eigenvalue weighted by Gasteiger charge is 2.14. The van der Waals surface area contributed by atoms with Crippen molar-refractivity contribution >= 4 is 35.8 Å². The quantitative estimate of drug-likeness (QED) is 0.377. The molecule has 5 nitrogen and oxygen atoms in total. The zero-order valence-electron chi connectivity index (χ0n) is 15.6. The Morgan fingerprint density at radius 3 is 2.42 bits per heavy atom. The van der Waals surface area contributed by atoms with Crippen LogP contribution in [-0.2, 0) is 11.3 Å². The van der Waals surface area contributed by atoms with Gasteiger partial charge in [-0.2, -0.15) is 0 Å². The van der Waals surface area contributed by atoms with E-state index in [2.05, 4.69) is 15.6 Å². The second-order valence-electron chi connectivity index (χ2n) is 6.82. The van der Waals surface area contributed by atoms with Crippen LogP contribution < -0.4 is 10.6 Å². The molecule has 0 heterocycles. The molecule has 0 radical (unpaired) electrons. The molecule has 7 heteroatoms. The number of halogens is 2. The number of hydrogen-bond donors (Lipinski definition) is 2. The maximum atomic E-state index is 13.0. The minimum absolute atomic E-state index is 0. The van der Waals surface area contributed by atoms with Crippen molar-refractivity contribution in [3.8, 4) is 0 Å². The lowest BCUT2D eigenvalue weighted by Crippen LogP contribution is -2.44. The van der Waals surface area contributed by atoms with Crippen molar-refractivity contribution in [2.75, 3.05) is 27.2 Å². The Labute approximate surface area is 172 Å². The van der Waals surface area contributed by atoms with Crippen LogP contribution in [0.5, 0.6) is 0 Å². The molecular weight excluding hydrogens is 446 g/mol. The van der Waals surface area contributed by atoms with Gasteiger partial charge in [0, 0.05) is 20.6 Å². The number of guanidine groups is 1. The van der Waals surface area contributed by atoms with Crippen LogP contribution in [0.15, 0.2) is 29.3 Å². The van der Waals surface area contributed by atoms with Crippen molar-refractivity contribution < 1.29 is 9.18 Å². The van der Waals surface area contributed by atoms with Gasteiger partial charge >= 0.3 is 0 Å². The molecule has 0 atom stereocenters. The van der Waals surface area contributed by atoms with Gasteiger partial charge in [0.1, 0.15) is 5.82 Å². The van der Waals surface area contributed by atoms with Gasteiger partial charge in [0.05, 0.1) is 13.1 Å². The molecule has 1 amide bonds. The van der Waals surface area contributed by atoms with Crippen LogP contribution in [0.1, 0.15) is 37.7 Å². The second-order valence-corrected chi connectivity index (χ2v) is 6.82. The Balaban J connectivity index is 0.00000338. The van der Waals surface area contributed by atoms with E-state index in [0.717, 1.165) is 12.1 Å². The van der Waals surface area contributed by atoms with Gasteiger partial charge in [-0.15, -0.1) is 24.0 Å². The van der Waals surface area contributed by atoms with E-state index in [1.807, 2.05) is 0 Å². The van der Waals surface area contributed by atoms with E-state index < -0.39 is 0 Å². The minimum atomic E-state index is -0.252. The van der Waals surface area contributed by atoms with Gasteiger partial charge in [0.15, 0.2) is 5.96 Å². The maximum absolute atomic E-state index is 13.0. The topological polar surface area (TPSA) is 56.7 Å². The number of benzene rings is 1. The van der Waals surface area contributed by atoms with E-state index in [4.69, 9.17) is 0 Å². The van der Waals surface area contributed by atoms with Crippen molar-refractivity contribution in [3.05, 3.63) is 35.6 Å². The van der Waals surface area contributed by atoms with Crippen LogP contribution in [0.3, 0.4) is 0 Å². The van der Waals surface area contributed by atoms with E-state index in [0.29, 0.717) is 18.4 Å². The number of hydrogen-bond acceptors (Lipinski definition) is 2. The maximum Gasteiger partial charge on any atom is 0.241 e. The summed E-state index contributed by atoms with van der Waals surface area (Å²) in [5.41, 5.74) is 0.930. The third-order valence-corrected chi connectivity index (χ3v) is 4.52. The van der Waals surface area contributed by atoms with Crippen LogP contribution in [0.2, 0.25) is 0 Å². The van der Waals surface area contributed by atoms with E-state index in [1.165, 1.54) is 44.2 Å². The predicted molar refractivity (Wildman–Crippen MR) is 114 cm³/mol. The van der Waals surface area contributed by atoms with E-state index in [1.54, 1.807) is 31.1 Å². The molecule has 0 aliphatic heterocycles. The lowest BCUT2D eigenvalue weighted by atomic mass is 9.89. The Bertz CT molecular complexity index is 571. The second kappa shape index (κ2) is 12.1. The molecular formula is C19H30FIN4O. The first-order valence-electron chi connectivity index (χ1n) is 9.01. The fraction of sp³-hybridized carbons (Fsp3) is 0.579. The molecule has 1 fully saturated rings. The van der Waals surface area contributed by atoms with E-state index in [-0.39, 0.29) is 42.2 Å². The fourth-order valence-corrected chi connectivity index (χ4v) is 2.88. The summed E-state index contributed by atoms with van der Waals surface area (Å²) in [6.07, 6.45) is 6.41. The highest BCUT2D eigenvalue weighted by Crippen LogP contribution is 2.22. The molecule has 0 spiro atoms. The molecule has 0 bridgehead atoms. The lowest BCUT2D eigenvalue weighted by molar-refractivity contribution is -0.127. The standard InChI is InChI=1S/C19H29FN4O.HI/c1-24(2)18(25)14-23-19(21-12-15-6-4-3-5-7-15)22-13-16-8-10-17(20)11-9-16;/h8-11,15H,3-7,12-14H2,1-2H3,(H2,21,22,23);1H. The normalized spacial score (nSPS) is 15.1. The fourth-order valence-electron chi connectivity index (χ4n) is 2.88. The number of likely N-dealkylation sites (N-methyl/N-ethyl adjacent to an activating group) is 1. The number of amides is 1. The van der Waals surface area contributed by atoms with Crippen molar-refractivity contribution in [1.29, 1.82) is 0 Å². The van der Waals surface area contributed by atoms with Crippen LogP contribution in [0.25, 0.3) is 0 Å². The summed E-state index contributed by atoms with van der Waals surface area (Å²) in [5, 5.41) is 6.46. The molecule has 1 aliphatic rings. The van der Waals surface area contributed by atoms with Crippen molar-refractivity contribution in [2.24, 2.45) is 10.9 Å². The van der Waals surface area contributed by atoms with Crippen LogP contribution in [0.4, 0.5) is 4.39 Å². The number of rotatable bonds is 6. The van der Waals surface area contributed by atoms with Gasteiger partial charge in [0.2, 0.25) is 5.91 Å². The van der Waals surface area contributed by atoms with Crippen molar-refractivity contribution in [2.45, 2.75) is 38.6 Å². The van der Waals surface area contributed by atoms with Gasteiger partial charge in [-0.25, -0.2) is 9.38 Å². The predicted octanol–water partition coefficient (Wildman–Crippen LogP) is 3.15. The van der Waals surface area contributed by atoms with Crippen LogP contribution >= 0.6 is 24.0 Å². The zero-order chi connectivity index (χ0) is 18.1. The van der Waals surface area contributed by atoms with Crippen molar-refractivity contribution in [3.63, 3.8) is 0 Å². The monoisotopic (exact) mass is 476 g/mol. The summed E-state index contributed by atoms with van der Waals surface area (Å²) < 4.78 is 13.0. The largest absolute Gasteiger partial charge is 0.356 e. The molecule has 2 rings (SSSR count). The molecule has 0 unspecified atom stereocenters. The summed E-state index contributed by atoms with van der Waals surface area (Å²) in [5.74, 6) is 1.04. The molecule has 1 aromatic rings. The lowest BCUT2D eigenvalue weighted by Gasteiger charge is -2.23. The first kappa shape index (κ1) is 22.7. The summed E-state index contributed by atoms with van der Waals surface area (Å²) in [7, 11) is 3.46. The SMILES string of the molecule is CN(C)C(=O)CNC(=NCc1ccc(F)cc1)NCC1CCCCC1.I. The first-order chi connectivity index (χ1) is 12.0. The number of aliphatic imine (C=N–C) groups is 1. The Morgan fingerprint density at radius 1 is 1.15 bits per heavy atom. The Kier molecular flexibility index (Phi) is 10.5. The Hall–Kier alpha value is -1.38. The summed E-state index contributed by atoms with van der Waals surface area (Å²) >= 11 is 0. The summed E-state index contributed by atoms with van der Waals surface area (Å²) in [4.78, 5) is 17.9. The Morgan fingerprint density at radius 2 is 1.81 bits per heavy atom. The van der Waals surface area contributed by atoms with Gasteiger partial charge in [-0.05, 0) is 36.5 Å². The average molecular weight is 476 g/mol. The van der Waals surface area contributed by atoms with Gasteiger partial charge < -0.3 is 15.5 Å². The molecule has 1 aromatic carbocycles. The summed E-state index contributed by atoms with van der Waals surface area (Å²) in [6.45, 7) is 1.51. The molecule has 1 saturated carbocycles. The number of nitrogens with one attached hydrogen (secondary N) is 2. The molecule has 26 heavy (non-hydrogen) atoms. The number of carbonyl (C=O) groups excluding carboxylic acids is 1. The molecule has 0 saturated heterocycles. The average Bonchev–Trinajstić information content (AvgIpc) is 2.63. The zero-order valence-corrected chi connectivity index (χ0v) is 18.0. The van der Waals surface area contributed by atoms with Gasteiger partial charge in [-0.1, -0.05) is 31.4 Å². The van der Waals surface area contributed by atoms with Crippen LogP contribution in [0, 0.1) is 11.7 Å². The molecule has 0 aromatic heterocycles. The third-order valence-electron chi connectivity index (χ3n) is 4.52. The molecule has 2 N–H and O–H groups in total. The smallest absolute Gasteiger partial charge is 0.241 e. The molecule has 1 aliphatic carbocycles. The van der Waals surface area contributed by atoms with E-state index in [9.17, 15) is 9.18 Å². The minimum Gasteiger partial charge on any atom is -0.356 e. The third kappa shape index (κ3) is 8.33.